The van der Waals surface area contributed by atoms with Gasteiger partial charge in [-0.3, -0.25) is 9.69 Å². The lowest BCUT2D eigenvalue weighted by atomic mass is 9.98. The molecule has 0 aromatic heterocycles. The van der Waals surface area contributed by atoms with Crippen molar-refractivity contribution in [1.82, 2.24) is 4.31 Å². The minimum Gasteiger partial charge on any atom is -0.463 e. The zero-order valence-electron chi connectivity index (χ0n) is 35.0. The van der Waals surface area contributed by atoms with Gasteiger partial charge in [-0.25, -0.2) is 13.2 Å². The minimum absolute atomic E-state index is 0.0992. The van der Waals surface area contributed by atoms with Crippen molar-refractivity contribution >= 4 is 55.6 Å². The first-order valence-corrected chi connectivity index (χ1v) is 20.8. The lowest BCUT2D eigenvalue weighted by molar-refractivity contribution is -0.144. The van der Waals surface area contributed by atoms with Crippen molar-refractivity contribution in [3.63, 3.8) is 0 Å². The molecule has 1 unspecified atom stereocenters. The van der Waals surface area contributed by atoms with Crippen LogP contribution in [0.4, 0.5) is 27.5 Å². The van der Waals surface area contributed by atoms with Gasteiger partial charge in [-0.1, -0.05) is 66.7 Å². The van der Waals surface area contributed by atoms with Crippen LogP contribution in [-0.4, -0.2) is 71.2 Å². The number of hydrogen-bond donors (Lipinski definition) is 0. The number of carbonyl (C=O) groups is 2. The van der Waals surface area contributed by atoms with E-state index in [9.17, 15) is 23.3 Å². The van der Waals surface area contributed by atoms with Gasteiger partial charge in [0.05, 0.1) is 28.0 Å². The van der Waals surface area contributed by atoms with Crippen molar-refractivity contribution in [2.24, 2.45) is 10.2 Å². The summed E-state index contributed by atoms with van der Waals surface area (Å²) in [6.45, 7) is 9.42. The van der Waals surface area contributed by atoms with Crippen LogP contribution in [0.25, 0.3) is 10.8 Å². The first kappa shape index (κ1) is 44.0. The summed E-state index contributed by atoms with van der Waals surface area (Å²) in [5.41, 5.74) is 5.62. The number of carbonyl (C=O) groups excluding carboxylic acids is 2. The van der Waals surface area contributed by atoms with Crippen LogP contribution in [0, 0.1) is 25.2 Å². The molecule has 59 heavy (non-hydrogen) atoms. The minimum atomic E-state index is -3.92. The Morgan fingerprint density at radius 3 is 2.15 bits per heavy atom. The second-order valence-corrected chi connectivity index (χ2v) is 17.5. The number of likely N-dealkylation sites (N-methyl/N-ethyl adjacent to an activating group) is 1. The molecule has 0 heterocycles. The molecule has 0 fully saturated rings. The van der Waals surface area contributed by atoms with Gasteiger partial charge in [0.25, 0.3) is 0 Å². The van der Waals surface area contributed by atoms with Gasteiger partial charge in [-0.05, 0) is 106 Å². The van der Waals surface area contributed by atoms with Crippen LogP contribution in [0.3, 0.4) is 0 Å². The molecule has 5 rings (SSSR count). The Bertz CT molecular complexity index is 2470. The van der Waals surface area contributed by atoms with E-state index in [0.29, 0.717) is 41.7 Å². The number of nitrogens with zero attached hydrogens (tertiary/aromatic N) is 6. The predicted molar refractivity (Wildman–Crippen MR) is 232 cm³/mol. The van der Waals surface area contributed by atoms with Gasteiger partial charge in [0.2, 0.25) is 10.0 Å². The maximum atomic E-state index is 13.6. The normalized spacial score (nSPS) is 12.3. The van der Waals surface area contributed by atoms with E-state index >= 15 is 0 Å². The van der Waals surface area contributed by atoms with Crippen molar-refractivity contribution < 1.29 is 27.5 Å². The first-order valence-electron chi connectivity index (χ1n) is 19.4. The molecule has 12 nitrogen and oxygen atoms in total. The van der Waals surface area contributed by atoms with Crippen molar-refractivity contribution in [1.29, 1.82) is 5.26 Å². The molecule has 1 atom stereocenters. The fourth-order valence-electron chi connectivity index (χ4n) is 6.53. The summed E-state index contributed by atoms with van der Waals surface area (Å²) in [6.07, 6.45) is 0.746. The Balaban J connectivity index is 1.19. The summed E-state index contributed by atoms with van der Waals surface area (Å²) >= 11 is 0. The first-order chi connectivity index (χ1) is 28.0. The molecule has 0 saturated carbocycles. The van der Waals surface area contributed by atoms with Crippen LogP contribution < -0.4 is 9.80 Å². The van der Waals surface area contributed by atoms with E-state index in [1.165, 1.54) is 7.05 Å². The average Bonchev–Trinajstić information content (AvgIpc) is 3.19. The number of benzene rings is 5. The molecule has 0 spiro atoms. The molecule has 13 heteroatoms. The highest BCUT2D eigenvalue weighted by molar-refractivity contribution is 7.89. The van der Waals surface area contributed by atoms with E-state index in [-0.39, 0.29) is 18.0 Å². The van der Waals surface area contributed by atoms with Crippen LogP contribution in [0.15, 0.2) is 118 Å². The van der Waals surface area contributed by atoms with E-state index in [4.69, 9.17) is 9.47 Å². The molecular formula is C46H52N6O6S. The number of rotatable bonds is 15. The maximum Gasteiger partial charge on any atom is 0.414 e. The molecule has 0 N–H and O–H groups in total. The van der Waals surface area contributed by atoms with Gasteiger partial charge < -0.3 is 14.4 Å². The third kappa shape index (κ3) is 11.1. The summed E-state index contributed by atoms with van der Waals surface area (Å²) in [5.74, 6) is -1.96. The number of aryl methyl sites for hydroxylation is 3. The van der Waals surface area contributed by atoms with Crippen LogP contribution in [0.5, 0.6) is 0 Å². The fraction of sp³-hybridized carbons (Fsp3) is 0.326. The lowest BCUT2D eigenvalue weighted by Crippen LogP contribution is -2.38. The van der Waals surface area contributed by atoms with Crippen molar-refractivity contribution in [2.45, 2.75) is 63.9 Å². The number of ether oxygens (including phenoxy) is 2. The Hall–Kier alpha value is -6.10. The van der Waals surface area contributed by atoms with Gasteiger partial charge >= 0.3 is 12.1 Å². The zero-order valence-corrected chi connectivity index (χ0v) is 35.8. The Morgan fingerprint density at radius 1 is 0.797 bits per heavy atom. The summed E-state index contributed by atoms with van der Waals surface area (Å²) in [7, 11) is 1.31. The van der Waals surface area contributed by atoms with Crippen LogP contribution >= 0.6 is 0 Å². The number of hydrogen-bond acceptors (Lipinski definition) is 10. The number of nitriles is 1. The second kappa shape index (κ2) is 19.1. The standard InChI is InChI=1S/C46H52N6O6S/c1-32-14-9-10-18-40(32)49-48-36-25-26-41(33(2)30-36)52(45(54)58-46(3,4)5)27-13-15-34-21-23-35(24-22-34)39(31-47)44(53)57-29-28-51(8)59(55,56)43-20-12-16-37-38(43)17-11-19-42(37)50(6)7/h9-12,14,16-26,30,39H,13,15,27-29H2,1-8H3. The smallest absolute Gasteiger partial charge is 0.414 e. The highest BCUT2D eigenvalue weighted by Crippen LogP contribution is 2.32. The van der Waals surface area contributed by atoms with Gasteiger partial charge in [0.1, 0.15) is 12.2 Å². The van der Waals surface area contributed by atoms with Gasteiger partial charge in [-0.15, -0.1) is 0 Å². The molecule has 5 aromatic rings. The third-order valence-electron chi connectivity index (χ3n) is 9.68. The second-order valence-electron chi connectivity index (χ2n) is 15.5. The fourth-order valence-corrected chi connectivity index (χ4v) is 7.88. The van der Waals surface area contributed by atoms with Gasteiger partial charge in [0, 0.05) is 50.7 Å². The molecule has 308 valence electrons. The van der Waals surface area contributed by atoms with Crippen molar-refractivity contribution in [2.75, 3.05) is 50.6 Å². The Morgan fingerprint density at radius 2 is 1.49 bits per heavy atom. The number of sulfonamides is 1. The lowest BCUT2D eigenvalue weighted by Gasteiger charge is -2.28. The molecule has 0 aliphatic heterocycles. The van der Waals surface area contributed by atoms with E-state index in [0.717, 1.165) is 37.8 Å². The average molecular weight is 817 g/mol. The summed E-state index contributed by atoms with van der Waals surface area (Å²) in [5, 5.41) is 20.1. The van der Waals surface area contributed by atoms with Crippen LogP contribution in [0.1, 0.15) is 55.4 Å². The highest BCUT2D eigenvalue weighted by atomic mass is 32.2. The molecule has 0 bridgehead atoms. The molecular weight excluding hydrogens is 765 g/mol. The van der Waals surface area contributed by atoms with E-state index in [1.807, 2.05) is 132 Å². The molecule has 0 saturated heterocycles. The van der Waals surface area contributed by atoms with Crippen LogP contribution in [-0.2, 0) is 30.7 Å². The quantitative estimate of drug-likeness (QED) is 0.0750. The molecule has 0 aliphatic rings. The zero-order chi connectivity index (χ0) is 42.9. The number of esters is 1. The van der Waals surface area contributed by atoms with Crippen molar-refractivity contribution in [3.8, 4) is 6.07 Å². The van der Waals surface area contributed by atoms with Gasteiger partial charge in [-0.2, -0.15) is 19.8 Å². The summed E-state index contributed by atoms with van der Waals surface area (Å²) in [4.78, 5) is 30.2. The Kier molecular flexibility index (Phi) is 14.2. The highest BCUT2D eigenvalue weighted by Gasteiger charge is 2.27. The molecule has 0 aliphatic carbocycles. The van der Waals surface area contributed by atoms with E-state index < -0.39 is 33.6 Å². The third-order valence-corrected chi connectivity index (χ3v) is 11.6. The molecule has 5 aromatic carbocycles. The summed E-state index contributed by atoms with van der Waals surface area (Å²) in [6, 6.07) is 33.1. The van der Waals surface area contributed by atoms with E-state index in [1.54, 1.807) is 35.2 Å². The number of fused-ring (bicyclic) bond motifs is 1. The predicted octanol–water partition coefficient (Wildman–Crippen LogP) is 9.78. The maximum absolute atomic E-state index is 13.6. The number of anilines is 2. The Labute approximate surface area is 347 Å². The van der Waals surface area contributed by atoms with Crippen molar-refractivity contribution in [3.05, 3.63) is 125 Å². The van der Waals surface area contributed by atoms with Gasteiger partial charge in [0.15, 0.2) is 5.92 Å². The topological polar surface area (TPSA) is 145 Å². The SMILES string of the molecule is Cc1ccccc1N=Nc1ccc(N(CCCc2ccc(C(C#N)C(=O)OCCN(C)S(=O)(=O)c3cccc4c(N(C)C)cccc34)cc2)C(=O)OC(C)(C)C)c(C)c1. The summed E-state index contributed by atoms with van der Waals surface area (Å²) < 4.78 is 39.6. The monoisotopic (exact) mass is 816 g/mol. The number of azo groups is 1. The molecule has 1 amide bonds. The van der Waals surface area contributed by atoms with Crippen LogP contribution in [0.2, 0.25) is 0 Å². The number of amides is 1. The largest absolute Gasteiger partial charge is 0.463 e. The van der Waals surface area contributed by atoms with E-state index in [2.05, 4.69) is 10.2 Å². The molecule has 0 radical (unpaired) electrons.